The second-order valence-corrected chi connectivity index (χ2v) is 16.8. The Bertz CT molecular complexity index is 2460. The molecule has 7 rings (SSSR count). The van der Waals surface area contributed by atoms with Gasteiger partial charge in [0.1, 0.15) is 11.6 Å². The predicted octanol–water partition coefficient (Wildman–Crippen LogP) is 12.4. The predicted molar refractivity (Wildman–Crippen MR) is 215 cm³/mol. The van der Waals surface area contributed by atoms with Crippen molar-refractivity contribution in [3.05, 3.63) is 131 Å². The van der Waals surface area contributed by atoms with E-state index in [9.17, 15) is 4.39 Å². The van der Waals surface area contributed by atoms with Gasteiger partial charge in [0.2, 0.25) is 0 Å². The maximum absolute atomic E-state index is 14.5. The molecule has 54 heavy (non-hydrogen) atoms. The monoisotopic (exact) mass is 810 g/mol. The molecule has 0 amide bonds. The Hall–Kier alpha value is -4.57. The Balaban J connectivity index is 0.00000497. The molecular weight excluding hydrogens is 762 g/mol. The number of ether oxygens (including phenoxy) is 1. The van der Waals surface area contributed by atoms with Gasteiger partial charge in [0, 0.05) is 45.7 Å². The number of pyridine rings is 1. The molecule has 0 N–H and O–H groups in total. The quantitative estimate of drug-likeness (QED) is 0.113. The van der Waals surface area contributed by atoms with Crippen LogP contribution in [0.1, 0.15) is 89.9 Å². The summed E-state index contributed by atoms with van der Waals surface area (Å²) in [5, 5.41) is 7.47. The smallest absolute Gasteiger partial charge is 0.509 e. The number of benzene rings is 4. The summed E-state index contributed by atoms with van der Waals surface area (Å²) in [5.41, 5.74) is 10.3. The summed E-state index contributed by atoms with van der Waals surface area (Å²) in [6, 6.07) is 32.8. The van der Waals surface area contributed by atoms with E-state index in [4.69, 9.17) is 9.84 Å². The topological polar surface area (TPSA) is 44.9 Å². The van der Waals surface area contributed by atoms with Crippen molar-refractivity contribution >= 4 is 21.8 Å². The number of hydrogen-bond donors (Lipinski definition) is 0. The van der Waals surface area contributed by atoms with Crippen molar-refractivity contribution in [3.63, 3.8) is 0 Å². The fourth-order valence-electron chi connectivity index (χ4n) is 7.41. The standard InChI is InChI=1S/C47H49FN4O.Pd/c1-29(2)18-19-32-24-34(52-45(47(8,9)10)43(44(50-52)46(5,6)7)42-30(3)14-13-15-31(42)4)27-36(25-32)53-35-20-21-38-37-16-11-12-17-39(37)51(40(38)28-35)41-26-33(48)22-23-49-41;/h11-17,20-26,29H,18-19H2,1-10H3;/q-2;+2. The zero-order valence-corrected chi connectivity index (χ0v) is 34.5. The number of rotatable bonds is 8. The van der Waals surface area contributed by atoms with Gasteiger partial charge in [-0.1, -0.05) is 104 Å². The average Bonchev–Trinajstić information content (AvgIpc) is 3.65. The van der Waals surface area contributed by atoms with Crippen LogP contribution in [0.25, 0.3) is 44.4 Å². The van der Waals surface area contributed by atoms with Gasteiger partial charge in [-0.05, 0) is 66.1 Å². The molecule has 0 spiro atoms. The molecule has 0 saturated heterocycles. The minimum Gasteiger partial charge on any atom is -0.509 e. The summed E-state index contributed by atoms with van der Waals surface area (Å²) in [6.07, 6.45) is 3.41. The van der Waals surface area contributed by atoms with Crippen molar-refractivity contribution in [3.8, 4) is 34.1 Å². The van der Waals surface area contributed by atoms with Crippen molar-refractivity contribution in [1.82, 2.24) is 19.3 Å². The van der Waals surface area contributed by atoms with Gasteiger partial charge in [0.05, 0.1) is 11.4 Å². The number of aryl methyl sites for hydroxylation is 3. The van der Waals surface area contributed by atoms with Gasteiger partial charge in [0.15, 0.2) is 0 Å². The SMILES string of the molecule is Cc1cccc(C)c1-c1c(C(C)(C)C)nn(-c2[c-]c(Oc3[c-]c4c(cc3)c3ccccc3n4-c3cc(F)ccn3)cc(CCC(C)C)c2)c1C(C)(C)C.[Pd+2]. The van der Waals surface area contributed by atoms with E-state index < -0.39 is 0 Å². The number of fused-ring (bicyclic) bond motifs is 3. The number of para-hydroxylation sites is 1. The van der Waals surface area contributed by atoms with E-state index in [1.807, 2.05) is 34.9 Å². The summed E-state index contributed by atoms with van der Waals surface area (Å²) in [5.74, 6) is 1.79. The van der Waals surface area contributed by atoms with Crippen LogP contribution in [-0.4, -0.2) is 19.3 Å². The van der Waals surface area contributed by atoms with E-state index in [2.05, 4.69) is 127 Å². The second kappa shape index (κ2) is 14.9. The van der Waals surface area contributed by atoms with Gasteiger partial charge in [-0.3, -0.25) is 4.68 Å². The molecular formula is C47H49FN4OPd. The molecule has 4 aromatic carbocycles. The van der Waals surface area contributed by atoms with E-state index in [1.54, 1.807) is 0 Å². The molecule has 0 aliphatic rings. The summed E-state index contributed by atoms with van der Waals surface area (Å²) in [7, 11) is 0. The van der Waals surface area contributed by atoms with Crippen LogP contribution in [0.3, 0.4) is 0 Å². The first-order valence-electron chi connectivity index (χ1n) is 18.6. The van der Waals surface area contributed by atoms with E-state index in [1.165, 1.54) is 40.6 Å². The summed E-state index contributed by atoms with van der Waals surface area (Å²) < 4.78 is 25.2. The van der Waals surface area contributed by atoms with Crippen LogP contribution >= 0.6 is 0 Å². The molecule has 0 aliphatic carbocycles. The first-order chi connectivity index (χ1) is 25.1. The van der Waals surface area contributed by atoms with E-state index in [0.29, 0.717) is 23.2 Å². The molecule has 0 bridgehead atoms. The van der Waals surface area contributed by atoms with Crippen molar-refractivity contribution in [2.45, 2.75) is 92.9 Å². The van der Waals surface area contributed by atoms with Crippen molar-refractivity contribution in [1.29, 1.82) is 0 Å². The van der Waals surface area contributed by atoms with Crippen LogP contribution in [0.4, 0.5) is 4.39 Å². The van der Waals surface area contributed by atoms with Crippen LogP contribution < -0.4 is 4.74 Å². The molecule has 3 heterocycles. The van der Waals surface area contributed by atoms with Crippen LogP contribution in [0.15, 0.2) is 85.1 Å². The summed E-state index contributed by atoms with van der Waals surface area (Å²) >= 11 is 0. The molecule has 0 radical (unpaired) electrons. The summed E-state index contributed by atoms with van der Waals surface area (Å²) in [6.45, 7) is 22.4. The zero-order valence-electron chi connectivity index (χ0n) is 33.0. The molecule has 0 aliphatic heterocycles. The molecule has 280 valence electrons. The third-order valence-corrected chi connectivity index (χ3v) is 9.88. The fraction of sp³-hybridized carbons (Fsp3) is 0.319. The second-order valence-electron chi connectivity index (χ2n) is 16.8. The minimum absolute atomic E-state index is 0. The van der Waals surface area contributed by atoms with Crippen LogP contribution in [0.5, 0.6) is 11.5 Å². The Labute approximate surface area is 333 Å². The Morgan fingerprint density at radius 1 is 0.778 bits per heavy atom. The van der Waals surface area contributed by atoms with E-state index >= 15 is 0 Å². The van der Waals surface area contributed by atoms with Crippen LogP contribution in [-0.2, 0) is 37.7 Å². The molecule has 0 fully saturated rings. The van der Waals surface area contributed by atoms with Crippen LogP contribution in [0.2, 0.25) is 0 Å². The Kier molecular flexibility index (Phi) is 10.8. The third-order valence-electron chi connectivity index (χ3n) is 9.88. The number of hydrogen-bond acceptors (Lipinski definition) is 3. The molecule has 0 atom stereocenters. The molecule has 0 saturated carbocycles. The largest absolute Gasteiger partial charge is 2.00 e. The van der Waals surface area contributed by atoms with Gasteiger partial charge in [-0.15, -0.1) is 35.7 Å². The van der Waals surface area contributed by atoms with E-state index in [0.717, 1.165) is 57.3 Å². The molecule has 0 unspecified atom stereocenters. The maximum Gasteiger partial charge on any atom is 2.00 e. The number of nitrogens with zero attached hydrogens (tertiary/aromatic N) is 4. The first kappa shape index (κ1) is 39.1. The third kappa shape index (κ3) is 7.54. The molecule has 7 heteroatoms. The minimum atomic E-state index is -0.350. The van der Waals surface area contributed by atoms with Gasteiger partial charge in [0.25, 0.3) is 0 Å². The van der Waals surface area contributed by atoms with Crippen LogP contribution in [0, 0.1) is 37.7 Å². The number of aromatic nitrogens is 4. The van der Waals surface area contributed by atoms with Gasteiger partial charge in [-0.2, -0.15) is 16.7 Å². The normalized spacial score (nSPS) is 12.1. The molecule has 3 aromatic heterocycles. The number of halogens is 1. The first-order valence-corrected chi connectivity index (χ1v) is 18.6. The van der Waals surface area contributed by atoms with Gasteiger partial charge in [-0.25, -0.2) is 9.37 Å². The average molecular weight is 811 g/mol. The Morgan fingerprint density at radius 3 is 2.17 bits per heavy atom. The Morgan fingerprint density at radius 2 is 1.50 bits per heavy atom. The fourth-order valence-corrected chi connectivity index (χ4v) is 7.41. The van der Waals surface area contributed by atoms with Crippen molar-refractivity contribution in [2.75, 3.05) is 0 Å². The van der Waals surface area contributed by atoms with E-state index in [-0.39, 0.29) is 37.1 Å². The molecule has 5 nitrogen and oxygen atoms in total. The summed E-state index contributed by atoms with van der Waals surface area (Å²) in [4.78, 5) is 4.52. The van der Waals surface area contributed by atoms with Crippen molar-refractivity contribution < 1.29 is 29.6 Å². The van der Waals surface area contributed by atoms with Crippen molar-refractivity contribution in [2.24, 2.45) is 5.92 Å². The zero-order chi connectivity index (χ0) is 37.8. The van der Waals surface area contributed by atoms with Gasteiger partial charge >= 0.3 is 20.4 Å². The van der Waals surface area contributed by atoms with Gasteiger partial charge < -0.3 is 9.30 Å². The molecule has 7 aromatic rings. The maximum atomic E-state index is 14.5.